The van der Waals surface area contributed by atoms with Gasteiger partial charge in [-0.05, 0) is 36.6 Å². The molecule has 3 N–H and O–H groups in total. The monoisotopic (exact) mass is 373 g/mol. The van der Waals surface area contributed by atoms with Crippen molar-refractivity contribution in [3.63, 3.8) is 0 Å². The number of ether oxygens (including phenoxy) is 1. The fraction of sp³-hybridized carbons (Fsp3) is 0.400. The maximum atomic E-state index is 12.1. The number of nitrogens with one attached hydrogen (secondary N) is 1. The number of nitrogens with zero attached hydrogens (tertiary/aromatic N) is 3. The Bertz CT molecular complexity index is 639. The van der Waals surface area contributed by atoms with Crippen LogP contribution in [0.4, 0.5) is 0 Å². The highest BCUT2D eigenvalue weighted by Gasteiger charge is 2.29. The van der Waals surface area contributed by atoms with E-state index in [1.165, 1.54) is 0 Å². The van der Waals surface area contributed by atoms with Crippen molar-refractivity contribution in [2.24, 2.45) is 5.73 Å². The zero-order valence-electron chi connectivity index (χ0n) is 13.0. The molecule has 0 radical (unpaired) electrons. The van der Waals surface area contributed by atoms with E-state index >= 15 is 0 Å². The molecule has 2 aromatic heterocycles. The molecule has 1 saturated heterocycles. The minimum absolute atomic E-state index is 0. The van der Waals surface area contributed by atoms with Crippen LogP contribution in [0.3, 0.4) is 0 Å². The molecule has 0 aliphatic carbocycles. The lowest BCUT2D eigenvalue weighted by Crippen LogP contribution is -2.35. The van der Waals surface area contributed by atoms with Gasteiger partial charge in [0.25, 0.3) is 0 Å². The van der Waals surface area contributed by atoms with Crippen LogP contribution in [-0.4, -0.2) is 39.4 Å². The van der Waals surface area contributed by atoms with Crippen LogP contribution in [0.25, 0.3) is 5.82 Å². The van der Waals surface area contributed by atoms with E-state index in [0.717, 1.165) is 24.2 Å². The molecule has 0 spiro atoms. The molecule has 1 amide bonds. The van der Waals surface area contributed by atoms with Crippen LogP contribution in [0.15, 0.2) is 36.8 Å². The summed E-state index contributed by atoms with van der Waals surface area (Å²) in [4.78, 5) is 16.3. The molecule has 0 unspecified atom stereocenters. The number of carbonyl (C=O) groups excluding carboxylic acids is 1. The molecule has 1 aliphatic heterocycles. The van der Waals surface area contributed by atoms with Crippen molar-refractivity contribution in [2.45, 2.75) is 31.6 Å². The van der Waals surface area contributed by atoms with Gasteiger partial charge in [-0.3, -0.25) is 4.79 Å². The quantitative estimate of drug-likeness (QED) is 0.821. The number of nitrogens with two attached hydrogens (primary N) is 1. The van der Waals surface area contributed by atoms with Crippen LogP contribution in [0.5, 0.6) is 0 Å². The summed E-state index contributed by atoms with van der Waals surface area (Å²) in [5, 5.41) is 7.03. The number of rotatable bonds is 5. The van der Waals surface area contributed by atoms with Gasteiger partial charge in [-0.25, -0.2) is 9.67 Å². The number of amides is 1. The third kappa shape index (κ3) is 4.91. The zero-order chi connectivity index (χ0) is 15.4. The van der Waals surface area contributed by atoms with Crippen LogP contribution in [-0.2, 0) is 16.1 Å². The van der Waals surface area contributed by atoms with Crippen molar-refractivity contribution in [2.75, 3.05) is 6.54 Å². The Morgan fingerprint density at radius 2 is 2.21 bits per heavy atom. The summed E-state index contributed by atoms with van der Waals surface area (Å²) < 4.78 is 7.26. The van der Waals surface area contributed by atoms with Crippen LogP contribution in [0.2, 0.25) is 0 Å². The molecule has 3 rings (SSSR count). The molecule has 9 heteroatoms. The molecule has 0 aromatic carbocycles. The SMILES string of the molecule is Cl.Cl.NC[C@H]1CC[C@@H](C(=O)NCc2ccnc(-n3cccn3)c2)O1. The molecule has 7 nitrogen and oxygen atoms in total. The van der Waals surface area contributed by atoms with Crippen LogP contribution in [0.1, 0.15) is 18.4 Å². The van der Waals surface area contributed by atoms with Crippen LogP contribution in [0, 0.1) is 0 Å². The molecule has 0 saturated carbocycles. The van der Waals surface area contributed by atoms with Crippen molar-refractivity contribution in [3.8, 4) is 5.82 Å². The average molecular weight is 374 g/mol. The molecule has 3 heterocycles. The van der Waals surface area contributed by atoms with Crippen LogP contribution >= 0.6 is 24.8 Å². The number of hydrogen-bond donors (Lipinski definition) is 2. The van der Waals surface area contributed by atoms with Gasteiger partial charge in [-0.15, -0.1) is 24.8 Å². The van der Waals surface area contributed by atoms with E-state index in [4.69, 9.17) is 10.5 Å². The van der Waals surface area contributed by atoms with Gasteiger partial charge in [0.2, 0.25) is 5.91 Å². The molecule has 1 fully saturated rings. The lowest BCUT2D eigenvalue weighted by atomic mass is 10.2. The Morgan fingerprint density at radius 3 is 2.88 bits per heavy atom. The number of pyridine rings is 1. The molecule has 1 aliphatic rings. The van der Waals surface area contributed by atoms with Gasteiger partial charge >= 0.3 is 0 Å². The van der Waals surface area contributed by atoms with Gasteiger partial charge in [-0.2, -0.15) is 5.10 Å². The average Bonchev–Trinajstić information content (AvgIpc) is 3.24. The molecule has 2 atom stereocenters. The first kappa shape index (κ1) is 20.4. The Labute approximate surface area is 152 Å². The second-order valence-corrected chi connectivity index (χ2v) is 5.25. The van der Waals surface area contributed by atoms with Crippen molar-refractivity contribution < 1.29 is 9.53 Å². The Balaban J connectivity index is 0.00000144. The van der Waals surface area contributed by atoms with E-state index in [9.17, 15) is 4.79 Å². The Hall–Kier alpha value is -1.67. The fourth-order valence-electron chi connectivity index (χ4n) is 2.48. The third-order valence-electron chi connectivity index (χ3n) is 3.68. The highest BCUT2D eigenvalue weighted by molar-refractivity contribution is 5.85. The van der Waals surface area contributed by atoms with Crippen molar-refractivity contribution in [1.29, 1.82) is 0 Å². The van der Waals surface area contributed by atoms with Crippen molar-refractivity contribution in [3.05, 3.63) is 42.4 Å². The van der Waals surface area contributed by atoms with Gasteiger partial charge in [0.1, 0.15) is 6.10 Å². The predicted molar refractivity (Wildman–Crippen MR) is 94.7 cm³/mol. The maximum absolute atomic E-state index is 12.1. The smallest absolute Gasteiger partial charge is 0.249 e. The highest BCUT2D eigenvalue weighted by atomic mass is 35.5. The highest BCUT2D eigenvalue weighted by Crippen LogP contribution is 2.19. The van der Waals surface area contributed by atoms with Crippen LogP contribution < -0.4 is 11.1 Å². The molecule has 2 aromatic rings. The fourth-order valence-corrected chi connectivity index (χ4v) is 2.48. The number of aromatic nitrogens is 3. The van der Waals surface area contributed by atoms with Gasteiger partial charge < -0.3 is 15.8 Å². The molecule has 24 heavy (non-hydrogen) atoms. The van der Waals surface area contributed by atoms with E-state index < -0.39 is 0 Å². The normalized spacial score (nSPS) is 19.2. The minimum atomic E-state index is -0.388. The third-order valence-corrected chi connectivity index (χ3v) is 3.68. The molecular weight excluding hydrogens is 353 g/mol. The first-order chi connectivity index (χ1) is 10.8. The summed E-state index contributed by atoms with van der Waals surface area (Å²) in [6.45, 7) is 0.893. The topological polar surface area (TPSA) is 95.1 Å². The summed E-state index contributed by atoms with van der Waals surface area (Å²) in [5.74, 6) is 0.630. The van der Waals surface area contributed by atoms with Gasteiger partial charge in [0, 0.05) is 31.7 Å². The largest absolute Gasteiger partial charge is 0.364 e. The standard InChI is InChI=1S/C15H19N5O2.2ClH/c16-9-12-2-3-13(22-12)15(21)18-10-11-4-6-17-14(8-11)20-7-1-5-19-20;;/h1,4-8,12-13H,2-3,9-10,16H2,(H,18,21);2*1H/t12-,13+;;/m1../s1. The van der Waals surface area contributed by atoms with Gasteiger partial charge in [-0.1, -0.05) is 0 Å². The maximum Gasteiger partial charge on any atom is 0.249 e. The summed E-state index contributed by atoms with van der Waals surface area (Å²) in [6, 6.07) is 5.60. The predicted octanol–water partition coefficient (Wildman–Crippen LogP) is 1.23. The Morgan fingerprint density at radius 1 is 1.38 bits per heavy atom. The van der Waals surface area contributed by atoms with E-state index in [1.807, 2.05) is 24.4 Å². The minimum Gasteiger partial charge on any atom is -0.364 e. The molecule has 0 bridgehead atoms. The van der Waals surface area contributed by atoms with E-state index in [2.05, 4.69) is 15.4 Å². The second kappa shape index (κ2) is 9.58. The van der Waals surface area contributed by atoms with Crippen molar-refractivity contribution >= 4 is 30.7 Å². The van der Waals surface area contributed by atoms with Gasteiger partial charge in [0.05, 0.1) is 6.10 Å². The van der Waals surface area contributed by atoms with E-state index in [0.29, 0.717) is 13.1 Å². The Kier molecular flexibility index (Phi) is 8.14. The van der Waals surface area contributed by atoms with Gasteiger partial charge in [0.15, 0.2) is 5.82 Å². The number of carbonyl (C=O) groups is 1. The van der Waals surface area contributed by atoms with E-state index in [-0.39, 0.29) is 42.9 Å². The number of halogens is 2. The summed E-state index contributed by atoms with van der Waals surface area (Å²) in [7, 11) is 0. The first-order valence-corrected chi connectivity index (χ1v) is 7.34. The first-order valence-electron chi connectivity index (χ1n) is 7.34. The summed E-state index contributed by atoms with van der Waals surface area (Å²) >= 11 is 0. The second-order valence-electron chi connectivity index (χ2n) is 5.25. The summed E-state index contributed by atoms with van der Waals surface area (Å²) in [6.07, 6.45) is 6.40. The lowest BCUT2D eigenvalue weighted by Gasteiger charge is -2.13. The zero-order valence-corrected chi connectivity index (χ0v) is 14.6. The summed E-state index contributed by atoms with van der Waals surface area (Å²) in [5.41, 5.74) is 6.51. The molecular formula is C15H21Cl2N5O2. The van der Waals surface area contributed by atoms with Crippen molar-refractivity contribution in [1.82, 2.24) is 20.1 Å². The lowest BCUT2D eigenvalue weighted by molar-refractivity contribution is -0.132. The van der Waals surface area contributed by atoms with E-state index in [1.54, 1.807) is 17.1 Å². The molecule has 132 valence electrons. The number of hydrogen-bond acceptors (Lipinski definition) is 5.